The van der Waals surface area contributed by atoms with Gasteiger partial charge in [-0.1, -0.05) is 13.0 Å². The number of nitrogens with one attached hydrogen (secondary N) is 1. The molecule has 1 unspecified atom stereocenters. The molecule has 0 radical (unpaired) electrons. The molecule has 0 aliphatic carbocycles. The first kappa shape index (κ1) is 14.0. The fourth-order valence-corrected chi connectivity index (χ4v) is 2.08. The van der Waals surface area contributed by atoms with Crippen LogP contribution in [0.3, 0.4) is 0 Å². The summed E-state index contributed by atoms with van der Waals surface area (Å²) in [6.07, 6.45) is 0.885. The van der Waals surface area contributed by atoms with E-state index in [9.17, 15) is 0 Å². The molecule has 1 N–H and O–H groups in total. The van der Waals surface area contributed by atoms with E-state index in [2.05, 4.69) is 27.3 Å². The van der Waals surface area contributed by atoms with Crippen LogP contribution in [-0.2, 0) is 6.54 Å². The SMILES string of the molecule is CCC(C#N)CNCc1ccc(OC)c(Br)c1. The van der Waals surface area contributed by atoms with Crippen molar-refractivity contribution in [3.05, 3.63) is 28.2 Å². The van der Waals surface area contributed by atoms with Gasteiger partial charge >= 0.3 is 0 Å². The van der Waals surface area contributed by atoms with Crippen LogP contribution >= 0.6 is 15.9 Å². The molecule has 0 fully saturated rings. The summed E-state index contributed by atoms with van der Waals surface area (Å²) in [4.78, 5) is 0. The van der Waals surface area contributed by atoms with Crippen molar-refractivity contribution in [2.24, 2.45) is 5.92 Å². The zero-order valence-corrected chi connectivity index (χ0v) is 11.8. The van der Waals surface area contributed by atoms with E-state index in [-0.39, 0.29) is 5.92 Å². The first-order valence-corrected chi connectivity index (χ1v) is 6.43. The smallest absolute Gasteiger partial charge is 0.133 e. The summed E-state index contributed by atoms with van der Waals surface area (Å²) in [7, 11) is 1.65. The quantitative estimate of drug-likeness (QED) is 0.877. The largest absolute Gasteiger partial charge is 0.496 e. The normalized spacial score (nSPS) is 11.9. The fourth-order valence-electron chi connectivity index (χ4n) is 1.49. The van der Waals surface area contributed by atoms with Gasteiger partial charge in [0.2, 0.25) is 0 Å². The van der Waals surface area contributed by atoms with Gasteiger partial charge in [-0.15, -0.1) is 0 Å². The highest BCUT2D eigenvalue weighted by atomic mass is 79.9. The standard InChI is InChI=1S/C13H17BrN2O/c1-3-10(7-15)8-16-9-11-4-5-13(17-2)12(14)6-11/h4-6,10,16H,3,8-9H2,1-2H3. The molecular formula is C13H17BrN2O. The Kier molecular flexibility index (Phi) is 6.03. The molecule has 92 valence electrons. The third-order valence-electron chi connectivity index (χ3n) is 2.61. The summed E-state index contributed by atoms with van der Waals surface area (Å²) >= 11 is 3.45. The van der Waals surface area contributed by atoms with E-state index in [1.54, 1.807) is 7.11 Å². The predicted octanol–water partition coefficient (Wildman–Crippen LogP) is 3.10. The summed E-state index contributed by atoms with van der Waals surface area (Å²) in [5, 5.41) is 12.1. The molecule has 4 heteroatoms. The van der Waals surface area contributed by atoms with E-state index in [0.717, 1.165) is 29.7 Å². The Morgan fingerprint density at radius 1 is 1.53 bits per heavy atom. The van der Waals surface area contributed by atoms with Crippen LogP contribution in [0.4, 0.5) is 0 Å². The maximum atomic E-state index is 8.82. The first-order chi connectivity index (χ1) is 8.21. The van der Waals surface area contributed by atoms with Gasteiger partial charge in [0.25, 0.3) is 0 Å². The molecule has 3 nitrogen and oxygen atoms in total. The lowest BCUT2D eigenvalue weighted by Gasteiger charge is -2.09. The van der Waals surface area contributed by atoms with Crippen molar-refractivity contribution in [2.45, 2.75) is 19.9 Å². The average Bonchev–Trinajstić information content (AvgIpc) is 2.35. The molecule has 1 aromatic carbocycles. The van der Waals surface area contributed by atoms with Crippen molar-refractivity contribution in [1.82, 2.24) is 5.32 Å². The van der Waals surface area contributed by atoms with E-state index in [1.165, 1.54) is 5.56 Å². The predicted molar refractivity (Wildman–Crippen MR) is 71.8 cm³/mol. The Bertz CT molecular complexity index is 401. The molecule has 0 bridgehead atoms. The van der Waals surface area contributed by atoms with Crippen molar-refractivity contribution < 1.29 is 4.74 Å². The van der Waals surface area contributed by atoms with Crippen molar-refractivity contribution in [3.63, 3.8) is 0 Å². The second kappa shape index (κ2) is 7.31. The van der Waals surface area contributed by atoms with E-state index in [1.807, 2.05) is 25.1 Å². The van der Waals surface area contributed by atoms with Crippen LogP contribution in [0.25, 0.3) is 0 Å². The summed E-state index contributed by atoms with van der Waals surface area (Å²) < 4.78 is 6.12. The van der Waals surface area contributed by atoms with Gasteiger partial charge in [-0.2, -0.15) is 5.26 Å². The molecule has 0 spiro atoms. The van der Waals surface area contributed by atoms with Crippen molar-refractivity contribution in [2.75, 3.05) is 13.7 Å². The molecule has 0 amide bonds. The Balaban J connectivity index is 2.48. The molecule has 17 heavy (non-hydrogen) atoms. The molecule has 0 heterocycles. The molecule has 0 aliphatic rings. The van der Waals surface area contributed by atoms with Crippen molar-refractivity contribution in [3.8, 4) is 11.8 Å². The lowest BCUT2D eigenvalue weighted by Crippen LogP contribution is -2.21. The number of nitriles is 1. The van der Waals surface area contributed by atoms with E-state index in [4.69, 9.17) is 10.00 Å². The van der Waals surface area contributed by atoms with Crippen LogP contribution < -0.4 is 10.1 Å². The second-order valence-electron chi connectivity index (χ2n) is 3.83. The van der Waals surface area contributed by atoms with E-state index < -0.39 is 0 Å². The van der Waals surface area contributed by atoms with Gasteiger partial charge in [-0.3, -0.25) is 0 Å². The van der Waals surface area contributed by atoms with Crippen LogP contribution in [0, 0.1) is 17.2 Å². The summed E-state index contributed by atoms with van der Waals surface area (Å²) in [6.45, 7) is 3.52. The Labute approximate surface area is 111 Å². The van der Waals surface area contributed by atoms with Gasteiger partial charge in [0.1, 0.15) is 5.75 Å². The molecule has 1 rings (SSSR count). The summed E-state index contributed by atoms with van der Waals surface area (Å²) in [6, 6.07) is 8.25. The summed E-state index contributed by atoms with van der Waals surface area (Å²) in [5.41, 5.74) is 1.17. The molecule has 1 aromatic rings. The zero-order valence-electron chi connectivity index (χ0n) is 10.2. The maximum absolute atomic E-state index is 8.82. The highest BCUT2D eigenvalue weighted by molar-refractivity contribution is 9.10. The Morgan fingerprint density at radius 3 is 2.82 bits per heavy atom. The number of rotatable bonds is 6. The van der Waals surface area contributed by atoms with Gasteiger partial charge in [0.05, 0.1) is 23.6 Å². The van der Waals surface area contributed by atoms with Gasteiger partial charge in [-0.05, 0) is 40.0 Å². The van der Waals surface area contributed by atoms with Crippen LogP contribution in [0.5, 0.6) is 5.75 Å². The number of halogens is 1. The lowest BCUT2D eigenvalue weighted by atomic mass is 10.1. The lowest BCUT2D eigenvalue weighted by molar-refractivity contribution is 0.412. The number of benzene rings is 1. The number of hydrogen-bond acceptors (Lipinski definition) is 3. The minimum absolute atomic E-state index is 0.0942. The van der Waals surface area contributed by atoms with Crippen LogP contribution in [-0.4, -0.2) is 13.7 Å². The van der Waals surface area contributed by atoms with E-state index >= 15 is 0 Å². The van der Waals surface area contributed by atoms with Crippen LogP contribution in [0.1, 0.15) is 18.9 Å². The third-order valence-corrected chi connectivity index (χ3v) is 3.23. The second-order valence-corrected chi connectivity index (χ2v) is 4.69. The number of nitrogens with zero attached hydrogens (tertiary/aromatic N) is 1. The Hall–Kier alpha value is -1.05. The number of methoxy groups -OCH3 is 1. The number of hydrogen-bond donors (Lipinski definition) is 1. The molecular weight excluding hydrogens is 280 g/mol. The molecule has 0 aromatic heterocycles. The van der Waals surface area contributed by atoms with Crippen LogP contribution in [0.2, 0.25) is 0 Å². The molecule has 1 atom stereocenters. The van der Waals surface area contributed by atoms with Gasteiger partial charge in [0.15, 0.2) is 0 Å². The third kappa shape index (κ3) is 4.37. The minimum atomic E-state index is 0.0942. The van der Waals surface area contributed by atoms with Crippen LogP contribution in [0.15, 0.2) is 22.7 Å². The monoisotopic (exact) mass is 296 g/mol. The average molecular weight is 297 g/mol. The maximum Gasteiger partial charge on any atom is 0.133 e. The fraction of sp³-hybridized carbons (Fsp3) is 0.462. The first-order valence-electron chi connectivity index (χ1n) is 5.64. The molecule has 0 saturated heterocycles. The Morgan fingerprint density at radius 2 is 2.29 bits per heavy atom. The molecule has 0 aliphatic heterocycles. The minimum Gasteiger partial charge on any atom is -0.496 e. The zero-order chi connectivity index (χ0) is 12.7. The molecule has 0 saturated carbocycles. The number of ether oxygens (including phenoxy) is 1. The summed E-state index contributed by atoms with van der Waals surface area (Å²) in [5.74, 6) is 0.925. The van der Waals surface area contributed by atoms with E-state index in [0.29, 0.717) is 0 Å². The van der Waals surface area contributed by atoms with Gasteiger partial charge in [-0.25, -0.2) is 0 Å². The van der Waals surface area contributed by atoms with Gasteiger partial charge < -0.3 is 10.1 Å². The topological polar surface area (TPSA) is 45.0 Å². The highest BCUT2D eigenvalue weighted by Gasteiger charge is 2.04. The highest BCUT2D eigenvalue weighted by Crippen LogP contribution is 2.25. The van der Waals surface area contributed by atoms with Crippen molar-refractivity contribution >= 4 is 15.9 Å². The van der Waals surface area contributed by atoms with Crippen molar-refractivity contribution in [1.29, 1.82) is 5.26 Å². The van der Waals surface area contributed by atoms with Gasteiger partial charge in [0, 0.05) is 13.1 Å².